The lowest BCUT2D eigenvalue weighted by atomic mass is 10.1. The highest BCUT2D eigenvalue weighted by Crippen LogP contribution is 2.23. The molecule has 0 aliphatic heterocycles. The predicted octanol–water partition coefficient (Wildman–Crippen LogP) is 4.28. The van der Waals surface area contributed by atoms with Crippen molar-refractivity contribution in [2.75, 3.05) is 0 Å². The average molecular weight is 408 g/mol. The highest BCUT2D eigenvalue weighted by molar-refractivity contribution is 5.72. The standard InChI is InChI=1S/C25H20N4O2/c1-17-12-14-19(15-13-17)24-27-23-21(31-24)22(26)29(20-10-6-3-7-11-20)25(30)28(23)16-18-8-4-2-5-9-18/h2-15,26H,16H2,1H3. The highest BCUT2D eigenvalue weighted by Gasteiger charge is 2.19. The number of para-hydroxylation sites is 1. The summed E-state index contributed by atoms with van der Waals surface area (Å²) >= 11 is 0. The van der Waals surface area contributed by atoms with E-state index in [2.05, 4.69) is 4.98 Å². The molecule has 2 aromatic heterocycles. The van der Waals surface area contributed by atoms with Gasteiger partial charge in [-0.05, 0) is 36.8 Å². The first-order valence-corrected chi connectivity index (χ1v) is 9.99. The van der Waals surface area contributed by atoms with Crippen LogP contribution in [0, 0.1) is 12.3 Å². The summed E-state index contributed by atoms with van der Waals surface area (Å²) < 4.78 is 8.96. The number of nitrogens with zero attached hydrogens (tertiary/aromatic N) is 3. The molecule has 6 nitrogen and oxygen atoms in total. The molecule has 0 saturated heterocycles. The van der Waals surface area contributed by atoms with Gasteiger partial charge >= 0.3 is 5.69 Å². The lowest BCUT2D eigenvalue weighted by molar-refractivity contribution is 0.600. The summed E-state index contributed by atoms with van der Waals surface area (Å²) in [7, 11) is 0. The van der Waals surface area contributed by atoms with Crippen LogP contribution in [-0.2, 0) is 6.54 Å². The van der Waals surface area contributed by atoms with Crippen molar-refractivity contribution in [3.8, 4) is 17.1 Å². The van der Waals surface area contributed by atoms with Crippen LogP contribution >= 0.6 is 0 Å². The number of nitrogens with one attached hydrogen (secondary N) is 1. The second kappa shape index (κ2) is 7.57. The molecule has 0 spiro atoms. The summed E-state index contributed by atoms with van der Waals surface area (Å²) in [4.78, 5) is 18.2. The first-order chi connectivity index (χ1) is 15.1. The second-order valence-electron chi connectivity index (χ2n) is 7.41. The number of aromatic nitrogens is 3. The molecular weight excluding hydrogens is 388 g/mol. The molecule has 0 saturated carbocycles. The molecule has 0 aliphatic carbocycles. The first-order valence-electron chi connectivity index (χ1n) is 9.99. The maximum absolute atomic E-state index is 13.5. The molecule has 6 heteroatoms. The van der Waals surface area contributed by atoms with Crippen LogP contribution in [0.1, 0.15) is 11.1 Å². The zero-order chi connectivity index (χ0) is 21.4. The number of fused-ring (bicyclic) bond motifs is 1. The summed E-state index contributed by atoms with van der Waals surface area (Å²) in [6, 6.07) is 26.7. The lowest BCUT2D eigenvalue weighted by Gasteiger charge is -2.12. The van der Waals surface area contributed by atoms with Gasteiger partial charge in [-0.15, -0.1) is 0 Å². The Morgan fingerprint density at radius 2 is 1.55 bits per heavy atom. The zero-order valence-corrected chi connectivity index (χ0v) is 16.9. The number of oxazole rings is 1. The van der Waals surface area contributed by atoms with Crippen molar-refractivity contribution in [1.29, 1.82) is 5.41 Å². The Morgan fingerprint density at radius 1 is 0.903 bits per heavy atom. The third kappa shape index (κ3) is 3.38. The van der Waals surface area contributed by atoms with Crippen LogP contribution in [0.4, 0.5) is 0 Å². The van der Waals surface area contributed by atoms with Crippen LogP contribution < -0.4 is 11.2 Å². The van der Waals surface area contributed by atoms with Gasteiger partial charge < -0.3 is 4.42 Å². The molecule has 5 rings (SSSR count). The van der Waals surface area contributed by atoms with Gasteiger partial charge in [0.1, 0.15) is 0 Å². The fourth-order valence-corrected chi connectivity index (χ4v) is 3.60. The van der Waals surface area contributed by atoms with Gasteiger partial charge in [0.05, 0.1) is 12.2 Å². The Kier molecular flexibility index (Phi) is 4.59. The van der Waals surface area contributed by atoms with E-state index in [1.807, 2.05) is 79.7 Å². The van der Waals surface area contributed by atoms with Crippen LogP contribution in [0.2, 0.25) is 0 Å². The molecule has 0 aliphatic rings. The van der Waals surface area contributed by atoms with Crippen molar-refractivity contribution in [3.63, 3.8) is 0 Å². The third-order valence-electron chi connectivity index (χ3n) is 5.22. The largest absolute Gasteiger partial charge is 0.430 e. The maximum Gasteiger partial charge on any atom is 0.336 e. The van der Waals surface area contributed by atoms with Gasteiger partial charge in [0, 0.05) is 5.56 Å². The summed E-state index contributed by atoms with van der Waals surface area (Å²) in [5.41, 5.74) is 3.77. The molecule has 0 bridgehead atoms. The zero-order valence-electron chi connectivity index (χ0n) is 16.9. The summed E-state index contributed by atoms with van der Waals surface area (Å²) in [5.74, 6) is 0.385. The smallest absolute Gasteiger partial charge is 0.336 e. The monoisotopic (exact) mass is 408 g/mol. The number of benzene rings is 3. The Bertz CT molecular complexity index is 1480. The van der Waals surface area contributed by atoms with Crippen LogP contribution in [-0.4, -0.2) is 14.1 Å². The van der Waals surface area contributed by atoms with Crippen LogP contribution in [0.25, 0.3) is 28.4 Å². The van der Waals surface area contributed by atoms with Gasteiger partial charge in [0.15, 0.2) is 11.1 Å². The van der Waals surface area contributed by atoms with Crippen LogP contribution in [0.15, 0.2) is 94.1 Å². The van der Waals surface area contributed by atoms with E-state index in [0.717, 1.165) is 16.7 Å². The van der Waals surface area contributed by atoms with Crippen molar-refractivity contribution in [2.45, 2.75) is 13.5 Å². The van der Waals surface area contributed by atoms with Gasteiger partial charge in [-0.3, -0.25) is 9.98 Å². The predicted molar refractivity (Wildman–Crippen MR) is 119 cm³/mol. The van der Waals surface area contributed by atoms with Gasteiger partial charge in [-0.25, -0.2) is 9.36 Å². The number of hydrogen-bond donors (Lipinski definition) is 1. The first kappa shape index (κ1) is 18.8. The van der Waals surface area contributed by atoms with Gasteiger partial charge in [-0.1, -0.05) is 66.2 Å². The molecule has 1 N–H and O–H groups in total. The number of rotatable bonds is 4. The van der Waals surface area contributed by atoms with E-state index >= 15 is 0 Å². The van der Waals surface area contributed by atoms with Crippen molar-refractivity contribution < 1.29 is 4.42 Å². The molecule has 0 unspecified atom stereocenters. The van der Waals surface area contributed by atoms with E-state index in [4.69, 9.17) is 9.83 Å². The van der Waals surface area contributed by atoms with Crippen LogP contribution in [0.5, 0.6) is 0 Å². The minimum atomic E-state index is -0.337. The molecule has 0 radical (unpaired) electrons. The third-order valence-corrected chi connectivity index (χ3v) is 5.22. The minimum absolute atomic E-state index is 0.0265. The normalized spacial score (nSPS) is 11.1. The molecule has 152 valence electrons. The molecule has 0 atom stereocenters. The molecule has 0 fully saturated rings. The molecule has 3 aromatic carbocycles. The Balaban J connectivity index is 1.80. The molecule has 2 heterocycles. The average Bonchev–Trinajstić information content (AvgIpc) is 3.24. The van der Waals surface area contributed by atoms with Gasteiger partial charge in [-0.2, -0.15) is 4.98 Å². The van der Waals surface area contributed by atoms with Gasteiger partial charge in [0.2, 0.25) is 11.5 Å². The van der Waals surface area contributed by atoms with Crippen molar-refractivity contribution >= 4 is 11.2 Å². The summed E-state index contributed by atoms with van der Waals surface area (Å²) in [6.45, 7) is 2.33. The van der Waals surface area contributed by atoms with Crippen molar-refractivity contribution in [1.82, 2.24) is 14.1 Å². The van der Waals surface area contributed by atoms with E-state index in [1.54, 1.807) is 16.7 Å². The van der Waals surface area contributed by atoms with E-state index in [1.165, 1.54) is 4.57 Å². The van der Waals surface area contributed by atoms with E-state index in [-0.39, 0.29) is 16.8 Å². The number of hydrogen-bond acceptors (Lipinski definition) is 4. The van der Waals surface area contributed by atoms with Crippen molar-refractivity contribution in [2.24, 2.45) is 0 Å². The van der Waals surface area contributed by atoms with Crippen molar-refractivity contribution in [3.05, 3.63) is 112 Å². The fourth-order valence-electron chi connectivity index (χ4n) is 3.60. The van der Waals surface area contributed by atoms with Gasteiger partial charge in [0.25, 0.3) is 0 Å². The molecule has 31 heavy (non-hydrogen) atoms. The fraction of sp³-hybridized carbons (Fsp3) is 0.0800. The van der Waals surface area contributed by atoms with Crippen LogP contribution in [0.3, 0.4) is 0 Å². The number of aryl methyl sites for hydroxylation is 1. The van der Waals surface area contributed by atoms with E-state index in [9.17, 15) is 4.79 Å². The minimum Gasteiger partial charge on any atom is -0.430 e. The quantitative estimate of drug-likeness (QED) is 0.482. The Hall–Kier alpha value is -4.19. The second-order valence-corrected chi connectivity index (χ2v) is 7.41. The SMILES string of the molecule is Cc1ccc(-c2nc3c(o2)c(=N)n(-c2ccccc2)c(=O)n3Cc2ccccc2)cc1. The summed E-state index contributed by atoms with van der Waals surface area (Å²) in [6.07, 6.45) is 0. The Labute approximate surface area is 178 Å². The molecule has 5 aromatic rings. The lowest BCUT2D eigenvalue weighted by Crippen LogP contribution is -2.39. The van der Waals surface area contributed by atoms with E-state index in [0.29, 0.717) is 23.8 Å². The van der Waals surface area contributed by atoms with E-state index < -0.39 is 0 Å². The summed E-state index contributed by atoms with van der Waals surface area (Å²) in [5, 5.41) is 8.72. The topological polar surface area (TPSA) is 76.8 Å². The Morgan fingerprint density at radius 3 is 2.23 bits per heavy atom. The molecular formula is C25H20N4O2. The highest BCUT2D eigenvalue weighted by atomic mass is 16.3. The maximum atomic E-state index is 13.5. The molecule has 0 amide bonds.